The largest absolute Gasteiger partial charge is 0.384 e. The Hall–Kier alpha value is -1.29. The minimum absolute atomic E-state index is 0.527. The van der Waals surface area contributed by atoms with Gasteiger partial charge in [-0.15, -0.1) is 0 Å². The molecule has 2 aliphatic heterocycles. The fourth-order valence-electron chi connectivity index (χ4n) is 3.11. The van der Waals surface area contributed by atoms with Crippen molar-refractivity contribution in [2.75, 3.05) is 30.3 Å². The number of anilines is 2. The molecule has 1 aromatic rings. The summed E-state index contributed by atoms with van der Waals surface area (Å²) >= 11 is 0. The summed E-state index contributed by atoms with van der Waals surface area (Å²) in [5.41, 5.74) is 5.77. The van der Waals surface area contributed by atoms with Gasteiger partial charge in [-0.05, 0) is 38.4 Å². The van der Waals surface area contributed by atoms with Gasteiger partial charge >= 0.3 is 0 Å². The van der Waals surface area contributed by atoms with Gasteiger partial charge < -0.3 is 10.6 Å². The van der Waals surface area contributed by atoms with Crippen molar-refractivity contribution in [3.63, 3.8) is 0 Å². The van der Waals surface area contributed by atoms with Gasteiger partial charge in [0, 0.05) is 25.2 Å². The summed E-state index contributed by atoms with van der Waals surface area (Å²) < 4.78 is 0. The standard InChI is InChI=1S/C13H20N4/c1-10-8-16-7-3-4-11(16)9-17(10)13-6-2-5-12(14)15-13/h2,5-6,10-11H,3-4,7-9H2,1H3,(H2,14,15). The van der Waals surface area contributed by atoms with Gasteiger partial charge in [-0.2, -0.15) is 0 Å². The minimum atomic E-state index is 0.527. The highest BCUT2D eigenvalue weighted by molar-refractivity contribution is 5.46. The van der Waals surface area contributed by atoms with E-state index in [4.69, 9.17) is 5.73 Å². The van der Waals surface area contributed by atoms with Crippen molar-refractivity contribution in [1.82, 2.24) is 9.88 Å². The molecule has 1 aromatic heterocycles. The number of pyridine rings is 1. The number of nitrogen functional groups attached to an aromatic ring is 1. The van der Waals surface area contributed by atoms with Gasteiger partial charge in [-0.25, -0.2) is 4.98 Å². The van der Waals surface area contributed by atoms with Crippen LogP contribution in [0.2, 0.25) is 0 Å². The third-order valence-electron chi connectivity index (χ3n) is 3.99. The van der Waals surface area contributed by atoms with E-state index >= 15 is 0 Å². The van der Waals surface area contributed by atoms with Gasteiger partial charge in [0.15, 0.2) is 0 Å². The van der Waals surface area contributed by atoms with Crippen LogP contribution in [0.1, 0.15) is 19.8 Å². The predicted molar refractivity (Wildman–Crippen MR) is 70.1 cm³/mol. The van der Waals surface area contributed by atoms with E-state index in [1.807, 2.05) is 12.1 Å². The SMILES string of the molecule is CC1CN2CCCC2CN1c1cccc(N)n1. The lowest BCUT2D eigenvalue weighted by molar-refractivity contribution is 0.202. The molecule has 0 aliphatic carbocycles. The maximum Gasteiger partial charge on any atom is 0.131 e. The van der Waals surface area contributed by atoms with Gasteiger partial charge in [0.2, 0.25) is 0 Å². The van der Waals surface area contributed by atoms with Crippen LogP contribution in [0.15, 0.2) is 18.2 Å². The molecule has 3 heterocycles. The lowest BCUT2D eigenvalue weighted by atomic mass is 10.1. The normalized spacial score (nSPS) is 29.4. The molecule has 0 spiro atoms. The second-order valence-corrected chi connectivity index (χ2v) is 5.21. The summed E-state index contributed by atoms with van der Waals surface area (Å²) in [6, 6.07) is 7.15. The van der Waals surface area contributed by atoms with Crippen LogP contribution in [0.3, 0.4) is 0 Å². The molecule has 0 aromatic carbocycles. The highest BCUT2D eigenvalue weighted by Gasteiger charge is 2.34. The van der Waals surface area contributed by atoms with Crippen LogP contribution < -0.4 is 10.6 Å². The first-order valence-corrected chi connectivity index (χ1v) is 6.47. The molecule has 2 fully saturated rings. The van der Waals surface area contributed by atoms with E-state index in [2.05, 4.69) is 27.8 Å². The first-order chi connectivity index (χ1) is 8.24. The van der Waals surface area contributed by atoms with E-state index in [1.54, 1.807) is 0 Å². The number of rotatable bonds is 1. The number of nitrogens with zero attached hydrogens (tertiary/aromatic N) is 3. The molecule has 0 saturated carbocycles. The monoisotopic (exact) mass is 232 g/mol. The lowest BCUT2D eigenvalue weighted by Crippen LogP contribution is -2.55. The van der Waals surface area contributed by atoms with Crippen molar-refractivity contribution >= 4 is 11.6 Å². The zero-order valence-electron chi connectivity index (χ0n) is 10.3. The summed E-state index contributed by atoms with van der Waals surface area (Å²) in [5, 5.41) is 0. The molecule has 4 heteroatoms. The summed E-state index contributed by atoms with van der Waals surface area (Å²) in [4.78, 5) is 9.47. The molecule has 17 heavy (non-hydrogen) atoms. The van der Waals surface area contributed by atoms with Crippen LogP contribution in [-0.2, 0) is 0 Å². The number of piperazine rings is 1. The summed E-state index contributed by atoms with van der Waals surface area (Å²) in [5.74, 6) is 1.65. The molecule has 0 radical (unpaired) electrons. The van der Waals surface area contributed by atoms with E-state index in [0.717, 1.165) is 24.9 Å². The van der Waals surface area contributed by atoms with Crippen molar-refractivity contribution in [3.8, 4) is 0 Å². The topological polar surface area (TPSA) is 45.4 Å². The second-order valence-electron chi connectivity index (χ2n) is 5.21. The summed E-state index contributed by atoms with van der Waals surface area (Å²) in [6.45, 7) is 5.80. The van der Waals surface area contributed by atoms with Crippen molar-refractivity contribution in [2.24, 2.45) is 0 Å². The zero-order valence-corrected chi connectivity index (χ0v) is 10.3. The number of aromatic nitrogens is 1. The van der Waals surface area contributed by atoms with Crippen molar-refractivity contribution in [2.45, 2.75) is 31.8 Å². The van der Waals surface area contributed by atoms with Gasteiger partial charge in [-0.3, -0.25) is 4.90 Å². The molecular weight excluding hydrogens is 212 g/mol. The Morgan fingerprint density at radius 2 is 2.24 bits per heavy atom. The fourth-order valence-corrected chi connectivity index (χ4v) is 3.11. The van der Waals surface area contributed by atoms with Crippen LogP contribution >= 0.6 is 0 Å². The molecule has 2 atom stereocenters. The van der Waals surface area contributed by atoms with Crippen molar-refractivity contribution < 1.29 is 0 Å². The van der Waals surface area contributed by atoms with Crippen LogP contribution in [0, 0.1) is 0 Å². The molecule has 92 valence electrons. The van der Waals surface area contributed by atoms with E-state index in [9.17, 15) is 0 Å². The summed E-state index contributed by atoms with van der Waals surface area (Å²) in [6.07, 6.45) is 2.67. The first kappa shape index (κ1) is 10.8. The molecular formula is C13H20N4. The molecule has 0 amide bonds. The number of nitrogens with two attached hydrogens (primary N) is 1. The Kier molecular flexibility index (Phi) is 2.67. The third kappa shape index (κ3) is 1.97. The van der Waals surface area contributed by atoms with E-state index < -0.39 is 0 Å². The average molecular weight is 232 g/mol. The molecule has 2 saturated heterocycles. The highest BCUT2D eigenvalue weighted by atomic mass is 15.3. The number of fused-ring (bicyclic) bond motifs is 1. The Bertz CT molecular complexity index is 406. The van der Waals surface area contributed by atoms with Crippen molar-refractivity contribution in [3.05, 3.63) is 18.2 Å². The average Bonchev–Trinajstić information content (AvgIpc) is 2.75. The van der Waals surface area contributed by atoms with Crippen LogP contribution in [0.25, 0.3) is 0 Å². The smallest absolute Gasteiger partial charge is 0.131 e. The van der Waals surface area contributed by atoms with Gasteiger partial charge in [0.1, 0.15) is 11.6 Å². The Morgan fingerprint density at radius 3 is 3.06 bits per heavy atom. The van der Waals surface area contributed by atoms with E-state index in [-0.39, 0.29) is 0 Å². The van der Waals surface area contributed by atoms with Crippen LogP contribution in [0.5, 0.6) is 0 Å². The number of hydrogen-bond donors (Lipinski definition) is 1. The maximum absolute atomic E-state index is 5.77. The Labute approximate surface area is 102 Å². The highest BCUT2D eigenvalue weighted by Crippen LogP contribution is 2.27. The van der Waals surface area contributed by atoms with Gasteiger partial charge in [0.25, 0.3) is 0 Å². The van der Waals surface area contributed by atoms with Crippen molar-refractivity contribution in [1.29, 1.82) is 0 Å². The summed E-state index contributed by atoms with van der Waals surface area (Å²) in [7, 11) is 0. The first-order valence-electron chi connectivity index (χ1n) is 6.47. The predicted octanol–water partition coefficient (Wildman–Crippen LogP) is 1.34. The van der Waals surface area contributed by atoms with Gasteiger partial charge in [0.05, 0.1) is 0 Å². The molecule has 3 rings (SSSR count). The lowest BCUT2D eigenvalue weighted by Gasteiger charge is -2.43. The zero-order chi connectivity index (χ0) is 11.8. The van der Waals surface area contributed by atoms with Gasteiger partial charge in [-0.1, -0.05) is 6.07 Å². The molecule has 2 N–H and O–H groups in total. The van der Waals surface area contributed by atoms with Crippen LogP contribution in [0.4, 0.5) is 11.6 Å². The maximum atomic E-state index is 5.77. The molecule has 4 nitrogen and oxygen atoms in total. The van der Waals surface area contributed by atoms with E-state index in [1.165, 1.54) is 19.4 Å². The molecule has 2 aliphatic rings. The van der Waals surface area contributed by atoms with E-state index in [0.29, 0.717) is 11.9 Å². The molecule has 2 unspecified atom stereocenters. The number of hydrogen-bond acceptors (Lipinski definition) is 4. The minimum Gasteiger partial charge on any atom is -0.384 e. The second kappa shape index (κ2) is 4.18. The molecule has 0 bridgehead atoms. The third-order valence-corrected chi connectivity index (χ3v) is 3.99. The fraction of sp³-hybridized carbons (Fsp3) is 0.615. The quantitative estimate of drug-likeness (QED) is 0.793. The van der Waals surface area contributed by atoms with Crippen LogP contribution in [-0.4, -0.2) is 41.6 Å². The Morgan fingerprint density at radius 1 is 1.35 bits per heavy atom. The Balaban J connectivity index is 1.83.